The van der Waals surface area contributed by atoms with Crippen molar-refractivity contribution in [3.63, 3.8) is 0 Å². The fourth-order valence-electron chi connectivity index (χ4n) is 2.21. The molecule has 0 radical (unpaired) electrons. The van der Waals surface area contributed by atoms with Crippen molar-refractivity contribution in [1.82, 2.24) is 4.98 Å². The molecule has 26 heavy (non-hydrogen) atoms. The Labute approximate surface area is 155 Å². The molecule has 2 N–H and O–H groups in total. The maximum absolute atomic E-state index is 10.9. The summed E-state index contributed by atoms with van der Waals surface area (Å²) >= 11 is 1.49. The number of aromatic carboxylic acids is 1. The maximum atomic E-state index is 10.9. The normalized spacial score (nSPS) is 10.3. The predicted octanol–water partition coefficient (Wildman–Crippen LogP) is 5.21. The molecule has 0 unspecified atom stereocenters. The third kappa shape index (κ3) is 4.49. The van der Waals surface area contributed by atoms with Crippen LogP contribution in [0.25, 0.3) is 11.3 Å². The van der Waals surface area contributed by atoms with Gasteiger partial charge in [-0.15, -0.1) is 11.3 Å². The van der Waals surface area contributed by atoms with Gasteiger partial charge in [0.25, 0.3) is 0 Å². The van der Waals surface area contributed by atoms with Crippen LogP contribution in [0.1, 0.15) is 17.3 Å². The summed E-state index contributed by atoms with van der Waals surface area (Å²) in [5.41, 5.74) is 3.88. The van der Waals surface area contributed by atoms with Gasteiger partial charge in [0.1, 0.15) is 12.4 Å². The molecule has 0 aliphatic carbocycles. The predicted molar refractivity (Wildman–Crippen MR) is 105 cm³/mol. The van der Waals surface area contributed by atoms with Crippen molar-refractivity contribution in [2.24, 2.45) is 0 Å². The zero-order valence-corrected chi connectivity index (χ0v) is 15.0. The van der Waals surface area contributed by atoms with Crippen LogP contribution in [0.3, 0.4) is 0 Å². The molecule has 0 amide bonds. The lowest BCUT2D eigenvalue weighted by molar-refractivity contribution is 0.0697. The number of ether oxygens (including phenoxy) is 1. The zero-order valence-electron chi connectivity index (χ0n) is 14.2. The lowest BCUT2D eigenvalue weighted by atomic mass is 10.2. The second-order valence-electron chi connectivity index (χ2n) is 5.82. The molecule has 2 aromatic carbocycles. The maximum Gasteiger partial charge on any atom is 0.335 e. The summed E-state index contributed by atoms with van der Waals surface area (Å²) in [6, 6.07) is 14.3. The number of carbonyl (C=O) groups is 1. The average Bonchev–Trinajstić information content (AvgIpc) is 3.09. The monoisotopic (exact) mass is 366 g/mol. The Balaban J connectivity index is 1.67. The van der Waals surface area contributed by atoms with Gasteiger partial charge in [-0.1, -0.05) is 6.58 Å². The molecule has 0 fully saturated rings. The third-order valence-electron chi connectivity index (χ3n) is 3.52. The molecule has 1 heterocycles. The summed E-state index contributed by atoms with van der Waals surface area (Å²) in [7, 11) is 0. The van der Waals surface area contributed by atoms with Gasteiger partial charge < -0.3 is 15.2 Å². The minimum Gasteiger partial charge on any atom is -0.489 e. The summed E-state index contributed by atoms with van der Waals surface area (Å²) < 4.78 is 5.60. The Bertz CT molecular complexity index is 915. The molecule has 0 saturated carbocycles. The second kappa shape index (κ2) is 7.84. The minimum absolute atomic E-state index is 0.254. The number of rotatable bonds is 7. The molecular formula is C20H18N2O3S. The Kier molecular flexibility index (Phi) is 5.34. The van der Waals surface area contributed by atoms with E-state index in [0.29, 0.717) is 6.61 Å². The number of carboxylic acid groups (broad SMARTS) is 1. The molecule has 0 aliphatic rings. The van der Waals surface area contributed by atoms with Gasteiger partial charge in [-0.2, -0.15) is 0 Å². The van der Waals surface area contributed by atoms with Crippen molar-refractivity contribution in [1.29, 1.82) is 0 Å². The lowest BCUT2D eigenvalue weighted by Crippen LogP contribution is -1.97. The number of nitrogens with one attached hydrogen (secondary N) is 1. The van der Waals surface area contributed by atoms with Gasteiger partial charge in [-0.05, 0) is 61.0 Å². The molecule has 0 atom stereocenters. The number of anilines is 2. The fraction of sp³-hybridized carbons (Fsp3) is 0.100. The summed E-state index contributed by atoms with van der Waals surface area (Å²) in [6.07, 6.45) is 0. The summed E-state index contributed by atoms with van der Waals surface area (Å²) in [6.45, 7) is 6.24. The van der Waals surface area contributed by atoms with Crippen molar-refractivity contribution in [2.75, 3.05) is 11.9 Å². The highest BCUT2D eigenvalue weighted by molar-refractivity contribution is 7.14. The first-order valence-corrected chi connectivity index (χ1v) is 8.83. The van der Waals surface area contributed by atoms with E-state index in [1.165, 1.54) is 11.3 Å². The third-order valence-corrected chi connectivity index (χ3v) is 4.28. The van der Waals surface area contributed by atoms with Gasteiger partial charge in [-0.3, -0.25) is 0 Å². The summed E-state index contributed by atoms with van der Waals surface area (Å²) in [5.74, 6) is -0.146. The van der Waals surface area contributed by atoms with Crippen LogP contribution in [0.4, 0.5) is 10.8 Å². The number of nitrogens with zero attached hydrogens (tertiary/aromatic N) is 1. The number of benzene rings is 2. The van der Waals surface area contributed by atoms with Crippen molar-refractivity contribution in [2.45, 2.75) is 6.92 Å². The van der Waals surface area contributed by atoms with Gasteiger partial charge in [0.2, 0.25) is 0 Å². The van der Waals surface area contributed by atoms with Crippen LogP contribution < -0.4 is 10.1 Å². The first-order valence-electron chi connectivity index (χ1n) is 7.95. The van der Waals surface area contributed by atoms with Crippen molar-refractivity contribution < 1.29 is 14.6 Å². The first kappa shape index (κ1) is 17.7. The quantitative estimate of drug-likeness (QED) is 0.562. The van der Waals surface area contributed by atoms with E-state index in [1.54, 1.807) is 24.3 Å². The highest BCUT2D eigenvalue weighted by atomic mass is 32.1. The molecule has 0 saturated heterocycles. The number of thiazole rings is 1. The largest absolute Gasteiger partial charge is 0.489 e. The van der Waals surface area contributed by atoms with E-state index >= 15 is 0 Å². The van der Waals surface area contributed by atoms with Crippen molar-refractivity contribution in [3.05, 3.63) is 71.6 Å². The van der Waals surface area contributed by atoms with E-state index in [1.807, 2.05) is 36.6 Å². The van der Waals surface area contributed by atoms with Gasteiger partial charge in [0, 0.05) is 16.6 Å². The van der Waals surface area contributed by atoms with E-state index in [4.69, 9.17) is 9.84 Å². The number of aromatic nitrogens is 1. The Morgan fingerprint density at radius 3 is 2.50 bits per heavy atom. The van der Waals surface area contributed by atoms with E-state index in [2.05, 4.69) is 16.9 Å². The molecule has 0 aliphatic heterocycles. The lowest BCUT2D eigenvalue weighted by Gasteiger charge is -2.06. The summed E-state index contributed by atoms with van der Waals surface area (Å²) in [4.78, 5) is 15.5. The van der Waals surface area contributed by atoms with Crippen LogP contribution in [-0.4, -0.2) is 22.7 Å². The van der Waals surface area contributed by atoms with Gasteiger partial charge in [-0.25, -0.2) is 9.78 Å². The topological polar surface area (TPSA) is 71.5 Å². The van der Waals surface area contributed by atoms with E-state index in [9.17, 15) is 4.79 Å². The van der Waals surface area contributed by atoms with Gasteiger partial charge in [0.15, 0.2) is 5.13 Å². The molecule has 6 heteroatoms. The SMILES string of the molecule is C=C(C)COc1ccc(-c2csc(Nc3ccc(C(=O)O)cc3)n2)cc1. The van der Waals surface area contributed by atoms with E-state index in [0.717, 1.165) is 33.4 Å². The first-order chi connectivity index (χ1) is 12.5. The Hall–Kier alpha value is -3.12. The van der Waals surface area contributed by atoms with E-state index in [-0.39, 0.29) is 5.56 Å². The molecule has 3 aromatic rings. The highest BCUT2D eigenvalue weighted by Crippen LogP contribution is 2.28. The summed E-state index contributed by atoms with van der Waals surface area (Å²) in [5, 5.41) is 14.8. The van der Waals surface area contributed by atoms with Gasteiger partial charge >= 0.3 is 5.97 Å². The smallest absolute Gasteiger partial charge is 0.335 e. The highest BCUT2D eigenvalue weighted by Gasteiger charge is 2.07. The van der Waals surface area contributed by atoms with E-state index < -0.39 is 5.97 Å². The molecule has 1 aromatic heterocycles. The Morgan fingerprint density at radius 1 is 1.19 bits per heavy atom. The molecular weight excluding hydrogens is 348 g/mol. The zero-order chi connectivity index (χ0) is 18.5. The number of hydrogen-bond donors (Lipinski definition) is 2. The van der Waals surface area contributed by atoms with Crippen molar-refractivity contribution >= 4 is 28.1 Å². The van der Waals surface area contributed by atoms with Crippen LogP contribution >= 0.6 is 11.3 Å². The second-order valence-corrected chi connectivity index (χ2v) is 6.67. The molecule has 132 valence electrons. The molecule has 0 spiro atoms. The van der Waals surface area contributed by atoms with Crippen LogP contribution in [0, 0.1) is 0 Å². The number of hydrogen-bond acceptors (Lipinski definition) is 5. The fourth-order valence-corrected chi connectivity index (χ4v) is 2.95. The van der Waals surface area contributed by atoms with Gasteiger partial charge in [0.05, 0.1) is 11.3 Å². The number of carboxylic acids is 1. The Morgan fingerprint density at radius 2 is 1.88 bits per heavy atom. The van der Waals surface area contributed by atoms with Crippen LogP contribution in [-0.2, 0) is 0 Å². The molecule has 0 bridgehead atoms. The van der Waals surface area contributed by atoms with Crippen LogP contribution in [0.15, 0.2) is 66.1 Å². The molecule has 5 nitrogen and oxygen atoms in total. The van der Waals surface area contributed by atoms with Crippen molar-refractivity contribution in [3.8, 4) is 17.0 Å². The average molecular weight is 366 g/mol. The standard InChI is InChI=1S/C20H18N2O3S/c1-13(2)11-25-17-9-5-14(6-10-17)18-12-26-20(22-18)21-16-7-3-15(4-8-16)19(23)24/h3-10,12H,1,11H2,2H3,(H,21,22)(H,23,24). The van der Waals surface area contributed by atoms with Crippen LogP contribution in [0.5, 0.6) is 5.75 Å². The molecule has 3 rings (SSSR count). The van der Waals surface area contributed by atoms with Crippen LogP contribution in [0.2, 0.25) is 0 Å². The minimum atomic E-state index is -0.941.